The van der Waals surface area contributed by atoms with Gasteiger partial charge in [-0.25, -0.2) is 0 Å². The Balaban J connectivity index is 1.59. The van der Waals surface area contributed by atoms with Gasteiger partial charge in [-0.15, -0.1) is 0 Å². The number of benzene rings is 2. The third kappa shape index (κ3) is 4.26. The van der Waals surface area contributed by atoms with E-state index in [9.17, 15) is 4.79 Å². The summed E-state index contributed by atoms with van der Waals surface area (Å²) < 4.78 is 16.6. The van der Waals surface area contributed by atoms with Crippen LogP contribution in [0.1, 0.15) is 48.4 Å². The van der Waals surface area contributed by atoms with E-state index in [4.69, 9.17) is 14.0 Å². The molecule has 7 heteroatoms. The largest absolute Gasteiger partial charge is 0.493 e. The molecule has 1 saturated heterocycles. The zero-order valence-electron chi connectivity index (χ0n) is 18.3. The van der Waals surface area contributed by atoms with Crippen LogP contribution in [0.3, 0.4) is 0 Å². The van der Waals surface area contributed by atoms with Crippen LogP contribution in [0, 0.1) is 13.8 Å². The van der Waals surface area contributed by atoms with Crippen LogP contribution in [0.2, 0.25) is 0 Å². The second kappa shape index (κ2) is 8.79. The van der Waals surface area contributed by atoms with Crippen LogP contribution >= 0.6 is 0 Å². The number of hydrogen-bond acceptors (Lipinski definition) is 6. The van der Waals surface area contributed by atoms with E-state index in [-0.39, 0.29) is 11.9 Å². The fourth-order valence-corrected chi connectivity index (χ4v) is 3.91. The highest BCUT2D eigenvalue weighted by atomic mass is 16.5. The molecular weight excluding hydrogens is 394 g/mol. The molecule has 0 N–H and O–H groups in total. The molecule has 0 radical (unpaired) electrons. The van der Waals surface area contributed by atoms with Crippen LogP contribution in [0.25, 0.3) is 11.4 Å². The van der Waals surface area contributed by atoms with E-state index in [2.05, 4.69) is 42.2 Å². The van der Waals surface area contributed by atoms with Crippen molar-refractivity contribution in [1.29, 1.82) is 0 Å². The second-order valence-electron chi connectivity index (χ2n) is 7.76. The number of amides is 1. The van der Waals surface area contributed by atoms with E-state index in [0.29, 0.717) is 49.2 Å². The second-order valence-corrected chi connectivity index (χ2v) is 7.76. The molecule has 3 aromatic rings. The van der Waals surface area contributed by atoms with Gasteiger partial charge in [-0.2, -0.15) is 4.98 Å². The standard InChI is InChI=1S/C24H27N3O4/c1-5-30-20-10-8-17(13-21(20)29-4)23-25-24(31-26-23)19-9-11-22(28)27(19)14-18-12-15(2)6-7-16(18)3/h6-8,10,12-13,19H,5,9,11,14H2,1-4H3. The lowest BCUT2D eigenvalue weighted by Crippen LogP contribution is -2.27. The van der Waals surface area contributed by atoms with E-state index >= 15 is 0 Å². The lowest BCUT2D eigenvalue weighted by molar-refractivity contribution is -0.130. The van der Waals surface area contributed by atoms with Crippen molar-refractivity contribution in [3.63, 3.8) is 0 Å². The lowest BCUT2D eigenvalue weighted by Gasteiger charge is -2.23. The summed E-state index contributed by atoms with van der Waals surface area (Å²) in [4.78, 5) is 19.1. The van der Waals surface area contributed by atoms with Crippen molar-refractivity contribution in [1.82, 2.24) is 15.0 Å². The van der Waals surface area contributed by atoms with Crippen LogP contribution in [0.4, 0.5) is 0 Å². The summed E-state index contributed by atoms with van der Waals surface area (Å²) >= 11 is 0. The van der Waals surface area contributed by atoms with Gasteiger partial charge in [0, 0.05) is 18.5 Å². The number of nitrogens with zero attached hydrogens (tertiary/aromatic N) is 3. The highest BCUT2D eigenvalue weighted by Crippen LogP contribution is 2.36. The number of ether oxygens (including phenoxy) is 2. The van der Waals surface area contributed by atoms with Gasteiger partial charge in [-0.1, -0.05) is 28.9 Å². The summed E-state index contributed by atoms with van der Waals surface area (Å²) in [6.45, 7) is 7.13. The van der Waals surface area contributed by atoms with Crippen molar-refractivity contribution in [2.45, 2.75) is 46.2 Å². The fourth-order valence-electron chi connectivity index (χ4n) is 3.91. The lowest BCUT2D eigenvalue weighted by atomic mass is 10.0. The molecule has 0 aliphatic carbocycles. The monoisotopic (exact) mass is 421 g/mol. The van der Waals surface area contributed by atoms with E-state index in [0.717, 1.165) is 16.7 Å². The molecule has 31 heavy (non-hydrogen) atoms. The van der Waals surface area contributed by atoms with Crippen LogP contribution in [0.5, 0.6) is 11.5 Å². The fraction of sp³-hybridized carbons (Fsp3) is 0.375. The minimum atomic E-state index is -0.224. The van der Waals surface area contributed by atoms with Gasteiger partial charge in [-0.05, 0) is 56.5 Å². The van der Waals surface area contributed by atoms with Crippen LogP contribution in [0.15, 0.2) is 40.9 Å². The summed E-state index contributed by atoms with van der Waals surface area (Å²) in [5.41, 5.74) is 4.24. The number of rotatable bonds is 7. The average molecular weight is 421 g/mol. The Hall–Kier alpha value is -3.35. The average Bonchev–Trinajstić information content (AvgIpc) is 3.38. The summed E-state index contributed by atoms with van der Waals surface area (Å²) in [5.74, 6) is 2.30. The van der Waals surface area contributed by atoms with Crippen molar-refractivity contribution < 1.29 is 18.8 Å². The van der Waals surface area contributed by atoms with Gasteiger partial charge in [0.15, 0.2) is 11.5 Å². The molecule has 1 fully saturated rings. The van der Waals surface area contributed by atoms with E-state index < -0.39 is 0 Å². The maximum Gasteiger partial charge on any atom is 0.249 e. The van der Waals surface area contributed by atoms with Gasteiger partial charge >= 0.3 is 0 Å². The Labute approximate surface area is 182 Å². The molecule has 2 aromatic carbocycles. The molecule has 0 saturated carbocycles. The van der Waals surface area contributed by atoms with Gasteiger partial charge < -0.3 is 18.9 Å². The Kier molecular flexibility index (Phi) is 5.93. The highest BCUT2D eigenvalue weighted by molar-refractivity contribution is 5.79. The van der Waals surface area contributed by atoms with Crippen molar-refractivity contribution in [2.75, 3.05) is 13.7 Å². The minimum absolute atomic E-state index is 0.105. The number of hydrogen-bond donors (Lipinski definition) is 0. The van der Waals surface area contributed by atoms with Crippen LogP contribution < -0.4 is 9.47 Å². The molecule has 1 atom stereocenters. The molecule has 1 aromatic heterocycles. The first-order valence-corrected chi connectivity index (χ1v) is 10.5. The van der Waals surface area contributed by atoms with Crippen molar-refractivity contribution in [2.24, 2.45) is 0 Å². The summed E-state index contributed by atoms with van der Waals surface area (Å²) in [5, 5.41) is 4.16. The molecule has 0 spiro atoms. The normalized spacial score (nSPS) is 16.1. The smallest absolute Gasteiger partial charge is 0.249 e. The zero-order valence-corrected chi connectivity index (χ0v) is 18.3. The van der Waals surface area contributed by atoms with Crippen LogP contribution in [-0.2, 0) is 11.3 Å². The van der Waals surface area contributed by atoms with Gasteiger partial charge in [-0.3, -0.25) is 4.79 Å². The predicted octanol–water partition coefficient (Wildman–Crippen LogP) is 4.62. The molecule has 1 unspecified atom stereocenters. The number of methoxy groups -OCH3 is 1. The van der Waals surface area contributed by atoms with Crippen molar-refractivity contribution >= 4 is 5.91 Å². The Morgan fingerprint density at radius 1 is 1.16 bits per heavy atom. The third-order valence-electron chi connectivity index (χ3n) is 5.62. The molecule has 162 valence electrons. The predicted molar refractivity (Wildman–Crippen MR) is 116 cm³/mol. The molecule has 7 nitrogen and oxygen atoms in total. The van der Waals surface area contributed by atoms with E-state index in [1.165, 1.54) is 5.56 Å². The first-order valence-electron chi connectivity index (χ1n) is 10.5. The van der Waals surface area contributed by atoms with Gasteiger partial charge in [0.2, 0.25) is 17.6 Å². The van der Waals surface area contributed by atoms with Crippen LogP contribution in [-0.4, -0.2) is 34.7 Å². The van der Waals surface area contributed by atoms with Gasteiger partial charge in [0.1, 0.15) is 6.04 Å². The molecular formula is C24H27N3O4. The molecule has 1 aliphatic heterocycles. The zero-order chi connectivity index (χ0) is 22.0. The topological polar surface area (TPSA) is 77.7 Å². The number of likely N-dealkylation sites (tertiary alicyclic amines) is 1. The maximum absolute atomic E-state index is 12.6. The first kappa shape index (κ1) is 20.9. The Bertz CT molecular complexity index is 1090. The molecule has 2 heterocycles. The summed E-state index contributed by atoms with van der Waals surface area (Å²) in [6, 6.07) is 11.6. The Morgan fingerprint density at radius 2 is 2.00 bits per heavy atom. The van der Waals surface area contributed by atoms with Crippen molar-refractivity contribution in [3.05, 3.63) is 59.0 Å². The van der Waals surface area contributed by atoms with E-state index in [1.54, 1.807) is 7.11 Å². The molecule has 1 aliphatic rings. The van der Waals surface area contributed by atoms with E-state index in [1.807, 2.05) is 30.0 Å². The molecule has 0 bridgehead atoms. The maximum atomic E-state index is 12.6. The highest BCUT2D eigenvalue weighted by Gasteiger charge is 2.36. The number of carbonyl (C=O) groups excluding carboxylic acids is 1. The first-order chi connectivity index (χ1) is 15.0. The molecule has 1 amide bonds. The summed E-state index contributed by atoms with van der Waals surface area (Å²) in [7, 11) is 1.60. The quantitative estimate of drug-likeness (QED) is 0.554. The summed E-state index contributed by atoms with van der Waals surface area (Å²) in [6.07, 6.45) is 1.14. The van der Waals surface area contributed by atoms with Gasteiger partial charge in [0.25, 0.3) is 0 Å². The number of aromatic nitrogens is 2. The third-order valence-corrected chi connectivity index (χ3v) is 5.62. The number of carbonyl (C=O) groups is 1. The van der Waals surface area contributed by atoms with Crippen molar-refractivity contribution in [3.8, 4) is 22.9 Å². The number of aryl methyl sites for hydroxylation is 2. The molecule has 4 rings (SSSR count). The minimum Gasteiger partial charge on any atom is -0.493 e. The van der Waals surface area contributed by atoms with Gasteiger partial charge in [0.05, 0.1) is 13.7 Å². The SMILES string of the molecule is CCOc1ccc(-c2noc(C3CCC(=O)N3Cc3cc(C)ccc3C)n2)cc1OC. The Morgan fingerprint density at radius 3 is 2.77 bits per heavy atom.